The Labute approximate surface area is 95.3 Å². The van der Waals surface area contributed by atoms with E-state index in [1.165, 1.54) is 7.11 Å². The minimum absolute atomic E-state index is 0.0872. The molecule has 1 aromatic rings. The smallest absolute Gasteiger partial charge is 0.338 e. The van der Waals surface area contributed by atoms with Gasteiger partial charge < -0.3 is 15.2 Å². The zero-order valence-corrected chi connectivity index (χ0v) is 9.82. The first kappa shape index (κ1) is 12.4. The average Bonchev–Trinajstić information content (AvgIpc) is 2.28. The van der Waals surface area contributed by atoms with Gasteiger partial charge in [-0.1, -0.05) is 6.92 Å². The number of nitrogen functional groups attached to an aromatic ring is 1. The van der Waals surface area contributed by atoms with E-state index < -0.39 is 0 Å². The molecule has 0 saturated carbocycles. The van der Waals surface area contributed by atoms with Crippen molar-refractivity contribution >= 4 is 11.7 Å². The van der Waals surface area contributed by atoms with E-state index in [2.05, 4.69) is 0 Å². The highest BCUT2D eigenvalue weighted by Gasteiger charge is 2.12. The van der Waals surface area contributed by atoms with Crippen LogP contribution in [0.1, 0.15) is 30.6 Å². The van der Waals surface area contributed by atoms with Crippen molar-refractivity contribution < 1.29 is 14.3 Å². The van der Waals surface area contributed by atoms with Gasteiger partial charge in [0.15, 0.2) is 0 Å². The largest absolute Gasteiger partial charge is 0.495 e. The highest BCUT2D eigenvalue weighted by molar-refractivity contribution is 5.91. The summed E-state index contributed by atoms with van der Waals surface area (Å²) in [6.45, 7) is 3.81. The Morgan fingerprint density at radius 2 is 2.19 bits per heavy atom. The Morgan fingerprint density at radius 3 is 2.69 bits per heavy atom. The van der Waals surface area contributed by atoms with Crippen LogP contribution in [0.4, 0.5) is 5.69 Å². The summed E-state index contributed by atoms with van der Waals surface area (Å²) in [5.41, 5.74) is 6.57. The maximum Gasteiger partial charge on any atom is 0.338 e. The van der Waals surface area contributed by atoms with E-state index >= 15 is 0 Å². The molecule has 0 aliphatic carbocycles. The molecule has 0 aliphatic heterocycles. The number of hydrogen-bond donors (Lipinski definition) is 1. The van der Waals surface area contributed by atoms with E-state index in [0.29, 0.717) is 17.0 Å². The molecule has 0 spiro atoms. The number of hydrogen-bond acceptors (Lipinski definition) is 4. The van der Waals surface area contributed by atoms with Crippen molar-refractivity contribution in [1.82, 2.24) is 0 Å². The van der Waals surface area contributed by atoms with Crippen LogP contribution in [0.15, 0.2) is 18.2 Å². The number of anilines is 1. The Bertz CT molecular complexity index is 377. The molecular weight excluding hydrogens is 206 g/mol. The van der Waals surface area contributed by atoms with Crippen LogP contribution in [0, 0.1) is 0 Å². The van der Waals surface area contributed by atoms with Crippen LogP contribution in [0.3, 0.4) is 0 Å². The third kappa shape index (κ3) is 2.89. The van der Waals surface area contributed by atoms with Gasteiger partial charge in [0.2, 0.25) is 0 Å². The first-order valence-corrected chi connectivity index (χ1v) is 5.23. The van der Waals surface area contributed by atoms with Crippen molar-refractivity contribution in [3.05, 3.63) is 23.8 Å². The van der Waals surface area contributed by atoms with Gasteiger partial charge in [-0.05, 0) is 31.5 Å². The highest BCUT2D eigenvalue weighted by Crippen LogP contribution is 2.22. The first-order valence-electron chi connectivity index (χ1n) is 5.23. The standard InChI is InChI=1S/C12H17NO3/c1-4-8(2)16-12(14)9-5-6-11(15-3)10(13)7-9/h5-8H,4,13H2,1-3H3/t8-/m0/s1. The van der Waals surface area contributed by atoms with Gasteiger partial charge in [0, 0.05) is 0 Å². The van der Waals surface area contributed by atoms with Crippen LogP contribution in [0.25, 0.3) is 0 Å². The van der Waals surface area contributed by atoms with Gasteiger partial charge in [-0.2, -0.15) is 0 Å². The first-order chi connectivity index (χ1) is 7.58. The molecule has 1 rings (SSSR count). The third-order valence-corrected chi connectivity index (χ3v) is 2.35. The van der Waals surface area contributed by atoms with Gasteiger partial charge in [-0.25, -0.2) is 4.79 Å². The maximum absolute atomic E-state index is 11.6. The number of ether oxygens (including phenoxy) is 2. The van der Waals surface area contributed by atoms with Gasteiger partial charge in [-0.15, -0.1) is 0 Å². The summed E-state index contributed by atoms with van der Waals surface area (Å²) < 4.78 is 10.2. The molecule has 0 fully saturated rings. The second-order valence-corrected chi connectivity index (χ2v) is 3.58. The molecule has 16 heavy (non-hydrogen) atoms. The second kappa shape index (κ2) is 5.39. The maximum atomic E-state index is 11.6. The van der Waals surface area contributed by atoms with Gasteiger partial charge in [0.25, 0.3) is 0 Å². The predicted octanol–water partition coefficient (Wildman–Crippen LogP) is 2.23. The third-order valence-electron chi connectivity index (χ3n) is 2.35. The van der Waals surface area contributed by atoms with Crippen molar-refractivity contribution in [3.63, 3.8) is 0 Å². The molecule has 4 nitrogen and oxygen atoms in total. The van der Waals surface area contributed by atoms with E-state index in [1.54, 1.807) is 18.2 Å². The van der Waals surface area contributed by atoms with E-state index in [0.717, 1.165) is 6.42 Å². The zero-order valence-electron chi connectivity index (χ0n) is 9.82. The second-order valence-electron chi connectivity index (χ2n) is 3.58. The molecule has 0 unspecified atom stereocenters. The molecule has 0 amide bonds. The fourth-order valence-corrected chi connectivity index (χ4v) is 1.20. The lowest BCUT2D eigenvalue weighted by Gasteiger charge is -2.11. The van der Waals surface area contributed by atoms with E-state index in [9.17, 15) is 4.79 Å². The summed E-state index contributed by atoms with van der Waals surface area (Å²) in [5.74, 6) is 0.198. The number of carbonyl (C=O) groups excluding carboxylic acids is 1. The summed E-state index contributed by atoms with van der Waals surface area (Å²) in [4.78, 5) is 11.6. The van der Waals surface area contributed by atoms with Crippen LogP contribution in [-0.4, -0.2) is 19.2 Å². The molecule has 0 heterocycles. The Kier molecular flexibility index (Phi) is 4.17. The van der Waals surface area contributed by atoms with Gasteiger partial charge in [-0.3, -0.25) is 0 Å². The summed E-state index contributed by atoms with van der Waals surface area (Å²) in [6.07, 6.45) is 0.702. The van der Waals surface area contributed by atoms with Crippen molar-refractivity contribution in [2.75, 3.05) is 12.8 Å². The molecule has 2 N–H and O–H groups in total. The van der Waals surface area contributed by atoms with Gasteiger partial charge in [0.05, 0.1) is 24.5 Å². The van der Waals surface area contributed by atoms with Crippen LogP contribution >= 0.6 is 0 Å². The lowest BCUT2D eigenvalue weighted by molar-refractivity contribution is 0.0334. The molecule has 1 atom stereocenters. The number of benzene rings is 1. The molecule has 0 radical (unpaired) electrons. The molecule has 1 aromatic carbocycles. The summed E-state index contributed by atoms with van der Waals surface area (Å²) >= 11 is 0. The van der Waals surface area contributed by atoms with Crippen LogP contribution in [0.2, 0.25) is 0 Å². The van der Waals surface area contributed by atoms with Crippen LogP contribution in [0.5, 0.6) is 5.75 Å². The monoisotopic (exact) mass is 223 g/mol. The Morgan fingerprint density at radius 1 is 1.50 bits per heavy atom. The lowest BCUT2D eigenvalue weighted by atomic mass is 10.2. The van der Waals surface area contributed by atoms with Crippen LogP contribution < -0.4 is 10.5 Å². The molecule has 0 saturated heterocycles. The average molecular weight is 223 g/mol. The van der Waals surface area contributed by atoms with E-state index in [-0.39, 0.29) is 12.1 Å². The molecule has 0 bridgehead atoms. The minimum Gasteiger partial charge on any atom is -0.495 e. The van der Waals surface area contributed by atoms with Gasteiger partial charge in [0.1, 0.15) is 5.75 Å². The number of methoxy groups -OCH3 is 1. The summed E-state index contributed by atoms with van der Waals surface area (Å²) in [6, 6.07) is 4.85. The van der Waals surface area contributed by atoms with Crippen molar-refractivity contribution in [3.8, 4) is 5.75 Å². The number of carbonyl (C=O) groups is 1. The summed E-state index contributed by atoms with van der Waals surface area (Å²) in [7, 11) is 1.53. The van der Waals surface area contributed by atoms with Crippen LogP contribution in [-0.2, 0) is 4.74 Å². The molecule has 4 heteroatoms. The fourth-order valence-electron chi connectivity index (χ4n) is 1.20. The lowest BCUT2D eigenvalue weighted by Crippen LogP contribution is -2.14. The molecule has 0 aromatic heterocycles. The van der Waals surface area contributed by atoms with Crippen molar-refractivity contribution in [2.24, 2.45) is 0 Å². The Hall–Kier alpha value is -1.71. The topological polar surface area (TPSA) is 61.5 Å². The Balaban J connectivity index is 2.81. The molecular formula is C12H17NO3. The zero-order chi connectivity index (χ0) is 12.1. The number of esters is 1. The fraction of sp³-hybridized carbons (Fsp3) is 0.417. The normalized spacial score (nSPS) is 11.9. The minimum atomic E-state index is -0.358. The summed E-state index contributed by atoms with van der Waals surface area (Å²) in [5, 5.41) is 0. The predicted molar refractivity (Wildman–Crippen MR) is 62.6 cm³/mol. The van der Waals surface area contributed by atoms with E-state index in [4.69, 9.17) is 15.2 Å². The van der Waals surface area contributed by atoms with Gasteiger partial charge >= 0.3 is 5.97 Å². The van der Waals surface area contributed by atoms with E-state index in [1.807, 2.05) is 13.8 Å². The molecule has 88 valence electrons. The SMILES string of the molecule is CC[C@H](C)OC(=O)c1ccc(OC)c(N)c1. The molecule has 0 aliphatic rings. The van der Waals surface area contributed by atoms with Crippen molar-refractivity contribution in [2.45, 2.75) is 26.4 Å². The number of nitrogens with two attached hydrogens (primary N) is 1. The van der Waals surface area contributed by atoms with Crippen molar-refractivity contribution in [1.29, 1.82) is 0 Å². The highest BCUT2D eigenvalue weighted by atomic mass is 16.5. The quantitative estimate of drug-likeness (QED) is 0.628. The number of rotatable bonds is 4.